The van der Waals surface area contributed by atoms with E-state index >= 15 is 0 Å². The number of carbonyl (C=O) groups is 1. The van der Waals surface area contributed by atoms with Gasteiger partial charge in [-0.3, -0.25) is 19.1 Å². The van der Waals surface area contributed by atoms with Gasteiger partial charge in [0, 0.05) is 49.9 Å². The molecule has 0 bridgehead atoms. The third kappa shape index (κ3) is 3.66. The van der Waals surface area contributed by atoms with Gasteiger partial charge < -0.3 is 9.64 Å². The maximum atomic E-state index is 12.9. The van der Waals surface area contributed by atoms with E-state index in [4.69, 9.17) is 9.72 Å². The smallest absolute Gasteiger partial charge is 0.257 e. The first kappa shape index (κ1) is 18.7. The fraction of sp³-hybridized carbons (Fsp3) is 0.524. The highest BCUT2D eigenvalue weighted by atomic mass is 32.2. The third-order valence-corrected chi connectivity index (χ3v) is 7.11. The number of nitrogens with zero attached hydrogens (tertiary/aromatic N) is 4. The van der Waals surface area contributed by atoms with Crippen molar-refractivity contribution in [2.75, 3.05) is 18.8 Å². The zero-order valence-electron chi connectivity index (χ0n) is 16.2. The number of hydrogen-bond donors (Lipinski definition) is 0. The summed E-state index contributed by atoms with van der Waals surface area (Å²) in [5.41, 5.74) is 1.91. The van der Waals surface area contributed by atoms with Gasteiger partial charge in [0.25, 0.3) is 5.56 Å². The molecule has 1 aliphatic carbocycles. The number of rotatable bonds is 4. The van der Waals surface area contributed by atoms with Crippen LogP contribution in [-0.4, -0.2) is 50.3 Å². The predicted octanol–water partition coefficient (Wildman–Crippen LogP) is 2.23. The van der Waals surface area contributed by atoms with Crippen LogP contribution in [-0.2, 0) is 17.6 Å². The lowest BCUT2D eigenvalue weighted by molar-refractivity contribution is -0.133. The molecule has 5 rings (SSSR count). The first-order chi connectivity index (χ1) is 14.2. The largest absolute Gasteiger partial charge is 0.489 e. The Morgan fingerprint density at radius 3 is 2.93 bits per heavy atom. The number of carbonyl (C=O) groups excluding carboxylic acids is 1. The SMILES string of the molecule is O=C(CC1CSc2nc3c(c(=O)n21)CCC3)N1CCC(Oc2cccnc2)CC1. The molecule has 8 heteroatoms. The first-order valence-corrected chi connectivity index (χ1v) is 11.3. The van der Waals surface area contributed by atoms with Gasteiger partial charge in [0.15, 0.2) is 5.16 Å². The Morgan fingerprint density at radius 2 is 2.14 bits per heavy atom. The topological polar surface area (TPSA) is 77.3 Å². The van der Waals surface area contributed by atoms with E-state index in [9.17, 15) is 9.59 Å². The molecule has 2 aromatic heterocycles. The van der Waals surface area contributed by atoms with Gasteiger partial charge in [0.1, 0.15) is 11.9 Å². The molecule has 3 aliphatic rings. The van der Waals surface area contributed by atoms with Crippen molar-refractivity contribution in [1.29, 1.82) is 0 Å². The highest BCUT2D eigenvalue weighted by molar-refractivity contribution is 7.99. The normalized spacial score (nSPS) is 21.1. The number of piperidine rings is 1. The second-order valence-electron chi connectivity index (χ2n) is 7.90. The summed E-state index contributed by atoms with van der Waals surface area (Å²) in [5.74, 6) is 1.64. The number of amides is 1. The number of pyridine rings is 1. The summed E-state index contributed by atoms with van der Waals surface area (Å²) in [5, 5.41) is 0.789. The van der Waals surface area contributed by atoms with E-state index in [1.165, 1.54) is 0 Å². The van der Waals surface area contributed by atoms with E-state index in [-0.39, 0.29) is 23.6 Å². The van der Waals surface area contributed by atoms with Gasteiger partial charge in [-0.2, -0.15) is 0 Å². The molecular formula is C21H24N4O3S. The molecule has 152 valence electrons. The van der Waals surface area contributed by atoms with Gasteiger partial charge in [-0.25, -0.2) is 4.98 Å². The van der Waals surface area contributed by atoms with Crippen LogP contribution in [0.4, 0.5) is 0 Å². The number of aryl methyl sites for hydroxylation is 1. The Balaban J connectivity index is 1.20. The highest BCUT2D eigenvalue weighted by Gasteiger charge is 2.33. The van der Waals surface area contributed by atoms with Gasteiger partial charge >= 0.3 is 0 Å². The summed E-state index contributed by atoms with van der Waals surface area (Å²) in [6.45, 7) is 1.38. The van der Waals surface area contributed by atoms with Crippen LogP contribution >= 0.6 is 11.8 Å². The van der Waals surface area contributed by atoms with Crippen LogP contribution in [0.3, 0.4) is 0 Å². The van der Waals surface area contributed by atoms with Gasteiger partial charge in [-0.15, -0.1) is 0 Å². The monoisotopic (exact) mass is 412 g/mol. The first-order valence-electron chi connectivity index (χ1n) is 10.3. The van der Waals surface area contributed by atoms with E-state index in [2.05, 4.69) is 4.98 Å². The average molecular weight is 413 g/mol. The van der Waals surface area contributed by atoms with Crippen LogP contribution in [0.1, 0.15) is 43.0 Å². The Morgan fingerprint density at radius 1 is 1.28 bits per heavy atom. The molecule has 1 amide bonds. The summed E-state index contributed by atoms with van der Waals surface area (Å²) in [7, 11) is 0. The Kier molecular flexibility index (Phi) is 5.03. The quantitative estimate of drug-likeness (QED) is 0.717. The number of aromatic nitrogens is 3. The molecule has 29 heavy (non-hydrogen) atoms. The van der Waals surface area contributed by atoms with Crippen LogP contribution in [0.25, 0.3) is 0 Å². The number of likely N-dealkylation sites (tertiary alicyclic amines) is 1. The average Bonchev–Trinajstić information content (AvgIpc) is 3.37. The Labute approximate surface area is 173 Å². The zero-order chi connectivity index (χ0) is 19.8. The van der Waals surface area contributed by atoms with Crippen molar-refractivity contribution in [3.63, 3.8) is 0 Å². The van der Waals surface area contributed by atoms with Crippen LogP contribution in [0, 0.1) is 0 Å². The zero-order valence-corrected chi connectivity index (χ0v) is 17.1. The number of hydrogen-bond acceptors (Lipinski definition) is 6. The van der Waals surface area contributed by atoms with Crippen molar-refractivity contribution in [2.24, 2.45) is 0 Å². The van der Waals surface area contributed by atoms with Gasteiger partial charge in [-0.1, -0.05) is 11.8 Å². The summed E-state index contributed by atoms with van der Waals surface area (Å²) < 4.78 is 7.75. The maximum absolute atomic E-state index is 12.9. The highest BCUT2D eigenvalue weighted by Crippen LogP contribution is 2.34. The molecule has 1 fully saturated rings. The van der Waals surface area contributed by atoms with Gasteiger partial charge in [0.2, 0.25) is 5.91 Å². The molecule has 1 atom stereocenters. The van der Waals surface area contributed by atoms with Crippen molar-refractivity contribution in [1.82, 2.24) is 19.4 Å². The predicted molar refractivity (Wildman–Crippen MR) is 109 cm³/mol. The Bertz CT molecular complexity index is 970. The van der Waals surface area contributed by atoms with E-state index in [0.29, 0.717) is 19.5 Å². The van der Waals surface area contributed by atoms with E-state index < -0.39 is 0 Å². The fourth-order valence-corrected chi connectivity index (χ4v) is 5.62. The molecule has 2 aliphatic heterocycles. The lowest BCUT2D eigenvalue weighted by atomic mass is 10.1. The van der Waals surface area contributed by atoms with E-state index in [1.54, 1.807) is 28.7 Å². The summed E-state index contributed by atoms with van der Waals surface area (Å²) >= 11 is 1.60. The second-order valence-corrected chi connectivity index (χ2v) is 8.89. The van der Waals surface area contributed by atoms with Crippen molar-refractivity contribution in [3.8, 4) is 5.75 Å². The van der Waals surface area contributed by atoms with E-state index in [0.717, 1.165) is 60.0 Å². The van der Waals surface area contributed by atoms with Crippen LogP contribution < -0.4 is 10.3 Å². The number of thioether (sulfide) groups is 1. The fourth-order valence-electron chi connectivity index (χ4n) is 4.47. The van der Waals surface area contributed by atoms with Gasteiger partial charge in [-0.05, 0) is 31.4 Å². The molecule has 2 aromatic rings. The third-order valence-electron chi connectivity index (χ3n) is 6.01. The lowest BCUT2D eigenvalue weighted by Gasteiger charge is -2.32. The maximum Gasteiger partial charge on any atom is 0.257 e. The van der Waals surface area contributed by atoms with Crippen LogP contribution in [0.15, 0.2) is 34.5 Å². The summed E-state index contributed by atoms with van der Waals surface area (Å²) in [6.07, 6.45) is 8.27. The molecule has 0 spiro atoms. The molecule has 1 unspecified atom stereocenters. The minimum absolute atomic E-state index is 0.0777. The number of fused-ring (bicyclic) bond motifs is 2. The minimum atomic E-state index is -0.0854. The van der Waals surface area contributed by atoms with Crippen molar-refractivity contribution >= 4 is 17.7 Å². The molecule has 1 saturated heterocycles. The van der Waals surface area contributed by atoms with Crippen LogP contribution in [0.5, 0.6) is 5.75 Å². The van der Waals surface area contributed by atoms with Gasteiger partial charge in [0.05, 0.1) is 17.9 Å². The Hall–Kier alpha value is -2.35. The van der Waals surface area contributed by atoms with Crippen molar-refractivity contribution in [2.45, 2.75) is 55.8 Å². The van der Waals surface area contributed by atoms with Crippen LogP contribution in [0.2, 0.25) is 0 Å². The molecule has 4 heterocycles. The lowest BCUT2D eigenvalue weighted by Crippen LogP contribution is -2.43. The molecule has 0 aromatic carbocycles. The molecule has 0 saturated carbocycles. The summed E-state index contributed by atoms with van der Waals surface area (Å²) in [4.78, 5) is 36.5. The van der Waals surface area contributed by atoms with E-state index in [1.807, 2.05) is 17.0 Å². The molecule has 0 radical (unpaired) electrons. The standard InChI is InChI=1S/C21H24N4O3S/c26-19(24-9-6-15(7-10-24)28-16-3-2-8-22-12-16)11-14-13-29-21-23-18-5-1-4-17(18)20(27)25(14)21/h2-3,8,12,14-15H,1,4-7,9-11,13H2. The van der Waals surface area contributed by atoms with Crippen molar-refractivity contribution < 1.29 is 9.53 Å². The summed E-state index contributed by atoms with van der Waals surface area (Å²) in [6, 6.07) is 3.68. The molecule has 7 nitrogen and oxygen atoms in total. The molecule has 0 N–H and O–H groups in total. The minimum Gasteiger partial charge on any atom is -0.489 e. The molecular weight excluding hydrogens is 388 g/mol. The number of ether oxygens (including phenoxy) is 1. The second kappa shape index (κ2) is 7.82. The van der Waals surface area contributed by atoms with Crippen molar-refractivity contribution in [3.05, 3.63) is 46.1 Å².